The molecule has 0 aliphatic rings. The van der Waals surface area contributed by atoms with Gasteiger partial charge in [-0.05, 0) is 33.5 Å². The minimum Gasteiger partial charge on any atom is -0.465 e. The molecule has 78 valence electrons. The molecule has 0 saturated heterocycles. The van der Waals surface area contributed by atoms with Crippen molar-refractivity contribution in [2.24, 2.45) is 0 Å². The van der Waals surface area contributed by atoms with Crippen molar-refractivity contribution >= 4 is 6.09 Å². The number of carboxylic acid groups (broad SMARTS) is 1. The Bertz CT molecular complexity index is 149. The number of amides is 1. The molecule has 0 unspecified atom stereocenters. The third-order valence-electron chi connectivity index (χ3n) is 1.80. The van der Waals surface area contributed by atoms with Gasteiger partial charge in [-0.25, -0.2) is 4.79 Å². The van der Waals surface area contributed by atoms with Crippen LogP contribution in [0.2, 0.25) is 0 Å². The summed E-state index contributed by atoms with van der Waals surface area (Å²) in [4.78, 5) is 14.2. The highest BCUT2D eigenvalue weighted by Crippen LogP contribution is 1.95. The average molecular weight is 188 g/mol. The third kappa shape index (κ3) is 6.40. The first-order valence-corrected chi connectivity index (χ1v) is 4.70. The number of rotatable bonds is 6. The smallest absolute Gasteiger partial charge is 0.407 e. The molecule has 0 aromatic rings. The maximum Gasteiger partial charge on any atom is 0.407 e. The van der Waals surface area contributed by atoms with Crippen LogP contribution < -0.4 is 0 Å². The van der Waals surface area contributed by atoms with Crippen LogP contribution in [-0.4, -0.2) is 54.7 Å². The van der Waals surface area contributed by atoms with Gasteiger partial charge in [-0.15, -0.1) is 0 Å². The second kappa shape index (κ2) is 6.71. The van der Waals surface area contributed by atoms with Crippen molar-refractivity contribution in [3.8, 4) is 0 Å². The van der Waals surface area contributed by atoms with Gasteiger partial charge in [0.25, 0.3) is 0 Å². The first-order chi connectivity index (χ1) is 6.07. The van der Waals surface area contributed by atoms with Crippen LogP contribution in [0.5, 0.6) is 0 Å². The van der Waals surface area contributed by atoms with Gasteiger partial charge < -0.3 is 14.9 Å². The number of nitrogens with zero attached hydrogens (tertiary/aromatic N) is 2. The molecule has 1 N–H and O–H groups in total. The number of hydrogen-bond acceptors (Lipinski definition) is 2. The summed E-state index contributed by atoms with van der Waals surface area (Å²) in [6, 6.07) is 0. The summed E-state index contributed by atoms with van der Waals surface area (Å²) in [5, 5.41) is 8.78. The summed E-state index contributed by atoms with van der Waals surface area (Å²) < 4.78 is 0. The predicted molar refractivity (Wildman–Crippen MR) is 53.1 cm³/mol. The molecule has 4 nitrogen and oxygen atoms in total. The first kappa shape index (κ1) is 12.2. The summed E-state index contributed by atoms with van der Waals surface area (Å²) in [6.45, 7) is 4.21. The highest BCUT2D eigenvalue weighted by Gasteiger charge is 2.08. The molecule has 0 radical (unpaired) electrons. The molecule has 0 aliphatic carbocycles. The van der Waals surface area contributed by atoms with Crippen LogP contribution in [0.15, 0.2) is 0 Å². The molecule has 1 amide bonds. The van der Waals surface area contributed by atoms with E-state index in [1.54, 1.807) is 0 Å². The zero-order valence-corrected chi connectivity index (χ0v) is 8.79. The largest absolute Gasteiger partial charge is 0.465 e. The van der Waals surface area contributed by atoms with Gasteiger partial charge in [0.1, 0.15) is 0 Å². The average Bonchev–Trinajstić information content (AvgIpc) is 2.02. The van der Waals surface area contributed by atoms with Crippen molar-refractivity contribution < 1.29 is 9.90 Å². The Hall–Kier alpha value is -0.770. The van der Waals surface area contributed by atoms with Gasteiger partial charge in [0.15, 0.2) is 0 Å². The van der Waals surface area contributed by atoms with Gasteiger partial charge in [0.05, 0.1) is 0 Å². The Morgan fingerprint density at radius 2 is 1.85 bits per heavy atom. The van der Waals surface area contributed by atoms with Crippen LogP contribution in [-0.2, 0) is 0 Å². The van der Waals surface area contributed by atoms with E-state index in [1.807, 2.05) is 21.0 Å². The van der Waals surface area contributed by atoms with Crippen molar-refractivity contribution in [2.45, 2.75) is 19.8 Å². The minimum atomic E-state index is -0.805. The van der Waals surface area contributed by atoms with Crippen LogP contribution in [0.25, 0.3) is 0 Å². The molecule has 0 saturated carbocycles. The van der Waals surface area contributed by atoms with Gasteiger partial charge in [0.2, 0.25) is 0 Å². The lowest BCUT2D eigenvalue weighted by Gasteiger charge is -2.19. The van der Waals surface area contributed by atoms with E-state index in [2.05, 4.69) is 4.90 Å². The van der Waals surface area contributed by atoms with E-state index in [0.29, 0.717) is 13.1 Å². The Morgan fingerprint density at radius 3 is 2.23 bits per heavy atom. The van der Waals surface area contributed by atoms with Crippen LogP contribution in [0, 0.1) is 0 Å². The van der Waals surface area contributed by atoms with Crippen LogP contribution in [0.3, 0.4) is 0 Å². The van der Waals surface area contributed by atoms with E-state index in [1.165, 1.54) is 4.90 Å². The molecule has 0 rings (SSSR count). The molecule has 0 heterocycles. The minimum absolute atomic E-state index is 0.640. The van der Waals surface area contributed by atoms with Gasteiger partial charge in [-0.1, -0.05) is 6.92 Å². The van der Waals surface area contributed by atoms with Gasteiger partial charge in [-0.3, -0.25) is 0 Å². The predicted octanol–water partition coefficient (Wildman–Crippen LogP) is 1.33. The fourth-order valence-electron chi connectivity index (χ4n) is 1.15. The lowest BCUT2D eigenvalue weighted by molar-refractivity contribution is 0.143. The lowest BCUT2D eigenvalue weighted by Crippen LogP contribution is -2.32. The quantitative estimate of drug-likeness (QED) is 0.684. The third-order valence-corrected chi connectivity index (χ3v) is 1.80. The summed E-state index contributed by atoms with van der Waals surface area (Å²) in [7, 11) is 3.98. The van der Waals surface area contributed by atoms with E-state index in [9.17, 15) is 4.79 Å². The molecule has 4 heteroatoms. The van der Waals surface area contributed by atoms with Gasteiger partial charge >= 0.3 is 6.09 Å². The van der Waals surface area contributed by atoms with Crippen LogP contribution in [0.4, 0.5) is 4.79 Å². The van der Waals surface area contributed by atoms with Crippen LogP contribution in [0.1, 0.15) is 19.8 Å². The Morgan fingerprint density at radius 1 is 1.23 bits per heavy atom. The van der Waals surface area contributed by atoms with Crippen molar-refractivity contribution in [3.05, 3.63) is 0 Å². The van der Waals surface area contributed by atoms with Crippen molar-refractivity contribution in [2.75, 3.05) is 33.7 Å². The fourth-order valence-corrected chi connectivity index (χ4v) is 1.15. The Labute approximate surface area is 80.1 Å². The molecule has 0 bridgehead atoms. The molecule has 0 spiro atoms. The van der Waals surface area contributed by atoms with Crippen molar-refractivity contribution in [3.63, 3.8) is 0 Å². The molecule has 0 aliphatic heterocycles. The highest BCUT2D eigenvalue weighted by molar-refractivity contribution is 5.64. The zero-order valence-electron chi connectivity index (χ0n) is 8.79. The molecular formula is C9H20N2O2. The van der Waals surface area contributed by atoms with E-state index < -0.39 is 6.09 Å². The second-order valence-corrected chi connectivity index (χ2v) is 3.43. The zero-order chi connectivity index (χ0) is 10.3. The summed E-state index contributed by atoms with van der Waals surface area (Å²) in [6.07, 6.45) is 0.980. The van der Waals surface area contributed by atoms with Gasteiger partial charge in [0, 0.05) is 13.1 Å². The fraction of sp³-hybridized carbons (Fsp3) is 0.889. The van der Waals surface area contributed by atoms with Crippen molar-refractivity contribution in [1.29, 1.82) is 0 Å². The summed E-state index contributed by atoms with van der Waals surface area (Å²) in [5.74, 6) is 0. The molecule has 0 atom stereocenters. The first-order valence-electron chi connectivity index (χ1n) is 4.70. The Balaban J connectivity index is 3.63. The van der Waals surface area contributed by atoms with E-state index in [4.69, 9.17) is 5.11 Å². The van der Waals surface area contributed by atoms with E-state index in [-0.39, 0.29) is 0 Å². The standard InChI is InChI=1S/C9H20N2O2/c1-4-6-11(9(12)13)8-5-7-10(2)3/h4-8H2,1-3H3,(H,12,13). The normalized spacial score (nSPS) is 10.5. The van der Waals surface area contributed by atoms with E-state index >= 15 is 0 Å². The number of hydrogen-bond donors (Lipinski definition) is 1. The maximum atomic E-state index is 10.7. The van der Waals surface area contributed by atoms with Crippen molar-refractivity contribution in [1.82, 2.24) is 9.80 Å². The monoisotopic (exact) mass is 188 g/mol. The van der Waals surface area contributed by atoms with E-state index in [0.717, 1.165) is 19.4 Å². The van der Waals surface area contributed by atoms with Gasteiger partial charge in [-0.2, -0.15) is 0 Å². The Kier molecular flexibility index (Phi) is 6.32. The highest BCUT2D eigenvalue weighted by atomic mass is 16.4. The molecular weight excluding hydrogens is 168 g/mol. The molecule has 0 aromatic heterocycles. The second-order valence-electron chi connectivity index (χ2n) is 3.43. The summed E-state index contributed by atoms with van der Waals surface area (Å²) >= 11 is 0. The SMILES string of the molecule is CCCN(CCCN(C)C)C(=O)O. The molecule has 0 fully saturated rings. The maximum absolute atomic E-state index is 10.7. The summed E-state index contributed by atoms with van der Waals surface area (Å²) in [5.41, 5.74) is 0. The molecule has 0 aromatic carbocycles. The molecule has 13 heavy (non-hydrogen) atoms. The van der Waals surface area contributed by atoms with Crippen LogP contribution >= 0.6 is 0 Å². The lowest BCUT2D eigenvalue weighted by atomic mass is 10.3. The number of carbonyl (C=O) groups is 1. The topological polar surface area (TPSA) is 43.8 Å².